The number of alkyl halides is 3. The third-order valence-corrected chi connectivity index (χ3v) is 2.05. The van der Waals surface area contributed by atoms with Crippen molar-refractivity contribution in [2.45, 2.75) is 12.6 Å². The third-order valence-electron chi connectivity index (χ3n) is 2.05. The summed E-state index contributed by atoms with van der Waals surface area (Å²) in [6, 6.07) is 0. The number of hydrogen-bond acceptors (Lipinski definition) is 0. The molecule has 0 spiro atoms. The largest absolute Gasteiger partial charge is 0.416 e. The minimum atomic E-state index is -4.22. The summed E-state index contributed by atoms with van der Waals surface area (Å²) >= 11 is 0. The van der Waals surface area contributed by atoms with Crippen molar-refractivity contribution in [2.75, 3.05) is 0 Å². The first-order valence-corrected chi connectivity index (χ1v) is 3.95. The molecule has 0 atom stereocenters. The Morgan fingerprint density at radius 2 is 1.85 bits per heavy atom. The van der Waals surface area contributed by atoms with Crippen molar-refractivity contribution in [3.05, 3.63) is 47.1 Å². The van der Waals surface area contributed by atoms with Crippen LogP contribution in [0.15, 0.2) is 47.1 Å². The molecule has 3 heteroatoms. The van der Waals surface area contributed by atoms with Crippen LogP contribution in [-0.2, 0) is 0 Å². The Morgan fingerprint density at radius 3 is 2.46 bits per heavy atom. The predicted octanol–water partition coefficient (Wildman–Crippen LogP) is 3.30. The van der Waals surface area contributed by atoms with Crippen molar-refractivity contribution in [2.24, 2.45) is 0 Å². The molecule has 0 fully saturated rings. The summed E-state index contributed by atoms with van der Waals surface area (Å²) in [4.78, 5) is 0. The lowest BCUT2D eigenvalue weighted by molar-refractivity contribution is -0.0879. The van der Waals surface area contributed by atoms with E-state index >= 15 is 0 Å². The van der Waals surface area contributed by atoms with Crippen LogP contribution in [0.3, 0.4) is 0 Å². The fourth-order valence-electron chi connectivity index (χ4n) is 1.42. The van der Waals surface area contributed by atoms with Gasteiger partial charge in [-0.15, -0.1) is 0 Å². The van der Waals surface area contributed by atoms with E-state index in [1.165, 1.54) is 12.2 Å². The Balaban J connectivity index is 2.38. The van der Waals surface area contributed by atoms with Gasteiger partial charge in [-0.2, -0.15) is 13.2 Å². The molecule has 0 aromatic carbocycles. The average Bonchev–Trinajstić information content (AvgIpc) is 2.45. The second-order valence-corrected chi connectivity index (χ2v) is 2.99. The third kappa shape index (κ3) is 1.46. The Hall–Kier alpha value is -1.25. The van der Waals surface area contributed by atoms with Crippen LogP contribution in [0.1, 0.15) is 6.42 Å². The van der Waals surface area contributed by atoms with Gasteiger partial charge in [-0.1, -0.05) is 18.2 Å². The van der Waals surface area contributed by atoms with E-state index in [0.717, 1.165) is 0 Å². The second kappa shape index (κ2) is 2.62. The maximum absolute atomic E-state index is 12.2. The van der Waals surface area contributed by atoms with E-state index in [0.29, 0.717) is 17.6 Å². The zero-order valence-corrected chi connectivity index (χ0v) is 6.73. The van der Waals surface area contributed by atoms with Crippen LogP contribution in [0, 0.1) is 0 Å². The molecular weight excluding hydrogens is 177 g/mol. The van der Waals surface area contributed by atoms with Crippen molar-refractivity contribution in [3.63, 3.8) is 0 Å². The smallest absolute Gasteiger partial charge is 0.166 e. The molecule has 0 saturated heterocycles. The molecule has 68 valence electrons. The molecule has 0 nitrogen and oxygen atoms in total. The molecule has 0 unspecified atom stereocenters. The van der Waals surface area contributed by atoms with E-state index < -0.39 is 11.7 Å². The summed E-state index contributed by atoms with van der Waals surface area (Å²) in [7, 11) is 0. The van der Waals surface area contributed by atoms with E-state index in [2.05, 4.69) is 0 Å². The van der Waals surface area contributed by atoms with Gasteiger partial charge in [-0.05, 0) is 29.7 Å². The Kier molecular flexibility index (Phi) is 1.68. The van der Waals surface area contributed by atoms with E-state index in [9.17, 15) is 13.2 Å². The molecule has 0 N–H and O–H groups in total. The Bertz CT molecular complexity index is 351. The number of rotatable bonds is 0. The van der Waals surface area contributed by atoms with E-state index in [1.807, 2.05) is 6.08 Å². The van der Waals surface area contributed by atoms with Gasteiger partial charge < -0.3 is 0 Å². The van der Waals surface area contributed by atoms with Gasteiger partial charge in [0.25, 0.3) is 0 Å². The molecule has 0 aromatic rings. The highest BCUT2D eigenvalue weighted by molar-refractivity contribution is 5.60. The molecule has 0 amide bonds. The maximum Gasteiger partial charge on any atom is 0.416 e. The zero-order chi connectivity index (χ0) is 9.47. The summed E-state index contributed by atoms with van der Waals surface area (Å²) in [5, 5.41) is 0. The number of fused-ring (bicyclic) bond motifs is 1. The van der Waals surface area contributed by atoms with Crippen LogP contribution in [-0.4, -0.2) is 6.18 Å². The summed E-state index contributed by atoms with van der Waals surface area (Å²) in [6.07, 6.45) is 4.24. The summed E-state index contributed by atoms with van der Waals surface area (Å²) in [5.41, 5.74) is 0.800. The summed E-state index contributed by atoms with van der Waals surface area (Å²) in [5.74, 6) is 0. The minimum absolute atomic E-state index is 0.555. The van der Waals surface area contributed by atoms with Crippen molar-refractivity contribution >= 4 is 0 Å². The predicted molar refractivity (Wildman–Crippen MR) is 44.1 cm³/mol. The van der Waals surface area contributed by atoms with Crippen LogP contribution < -0.4 is 0 Å². The van der Waals surface area contributed by atoms with Crippen molar-refractivity contribution < 1.29 is 13.2 Å². The van der Waals surface area contributed by atoms with Gasteiger partial charge in [0.1, 0.15) is 0 Å². The molecular formula is C10H7F3. The van der Waals surface area contributed by atoms with Crippen LogP contribution in [0.25, 0.3) is 0 Å². The van der Waals surface area contributed by atoms with Crippen LogP contribution in [0.5, 0.6) is 0 Å². The minimum Gasteiger partial charge on any atom is -0.166 e. The summed E-state index contributed by atoms with van der Waals surface area (Å²) in [6.45, 7) is 0. The van der Waals surface area contributed by atoms with Crippen LogP contribution in [0.2, 0.25) is 0 Å². The first-order chi connectivity index (χ1) is 6.07. The highest BCUT2D eigenvalue weighted by Crippen LogP contribution is 2.36. The number of hydrogen-bond donors (Lipinski definition) is 0. The molecule has 0 aliphatic heterocycles. The SMILES string of the molecule is FC(F)(F)C1=CC2=CCC=CC2=C1. The normalized spacial score (nSPS) is 20.7. The van der Waals surface area contributed by atoms with Crippen molar-refractivity contribution in [3.8, 4) is 0 Å². The van der Waals surface area contributed by atoms with Gasteiger partial charge in [-0.3, -0.25) is 0 Å². The van der Waals surface area contributed by atoms with E-state index in [-0.39, 0.29) is 0 Å². The average molecular weight is 184 g/mol. The van der Waals surface area contributed by atoms with Gasteiger partial charge in [0.15, 0.2) is 0 Å². The fourth-order valence-corrected chi connectivity index (χ4v) is 1.42. The molecule has 0 aromatic heterocycles. The molecule has 2 rings (SSSR count). The fraction of sp³-hybridized carbons (Fsp3) is 0.200. The number of halogens is 3. The van der Waals surface area contributed by atoms with Gasteiger partial charge >= 0.3 is 6.18 Å². The monoisotopic (exact) mass is 184 g/mol. The molecule has 0 radical (unpaired) electrons. The van der Waals surface area contributed by atoms with Crippen molar-refractivity contribution in [1.29, 1.82) is 0 Å². The van der Waals surface area contributed by atoms with Gasteiger partial charge in [0.05, 0.1) is 5.57 Å². The molecule has 0 bridgehead atoms. The lowest BCUT2D eigenvalue weighted by Crippen LogP contribution is -2.08. The topological polar surface area (TPSA) is 0 Å². The molecule has 0 heterocycles. The highest BCUT2D eigenvalue weighted by Gasteiger charge is 2.34. The molecule has 13 heavy (non-hydrogen) atoms. The van der Waals surface area contributed by atoms with E-state index in [4.69, 9.17) is 0 Å². The molecule has 2 aliphatic carbocycles. The Morgan fingerprint density at radius 1 is 1.08 bits per heavy atom. The standard InChI is InChI=1S/C10H7F3/c11-10(12,13)9-5-7-3-1-2-4-8(7)6-9/h1,3-6H,2H2. The maximum atomic E-state index is 12.2. The first kappa shape index (κ1) is 8.35. The first-order valence-electron chi connectivity index (χ1n) is 3.95. The van der Waals surface area contributed by atoms with E-state index in [1.54, 1.807) is 12.2 Å². The lowest BCUT2D eigenvalue weighted by Gasteiger charge is -2.02. The highest BCUT2D eigenvalue weighted by atomic mass is 19.4. The van der Waals surface area contributed by atoms with Gasteiger partial charge in [-0.25, -0.2) is 0 Å². The van der Waals surface area contributed by atoms with Crippen molar-refractivity contribution in [1.82, 2.24) is 0 Å². The van der Waals surface area contributed by atoms with Gasteiger partial charge in [0, 0.05) is 0 Å². The van der Waals surface area contributed by atoms with Gasteiger partial charge in [0.2, 0.25) is 0 Å². The molecule has 2 aliphatic rings. The lowest BCUT2D eigenvalue weighted by atomic mass is 10.0. The molecule has 0 saturated carbocycles. The quantitative estimate of drug-likeness (QED) is 0.541. The zero-order valence-electron chi connectivity index (χ0n) is 6.73. The second-order valence-electron chi connectivity index (χ2n) is 2.99. The summed E-state index contributed by atoms with van der Waals surface area (Å²) < 4.78 is 36.7. The van der Waals surface area contributed by atoms with Crippen LogP contribution >= 0.6 is 0 Å². The van der Waals surface area contributed by atoms with Crippen LogP contribution in [0.4, 0.5) is 13.2 Å². The Labute approximate surface area is 73.8 Å². The number of allylic oxidation sites excluding steroid dienone is 8.